The molecule has 1 heterocycles. The van der Waals surface area contributed by atoms with Crippen LogP contribution in [0, 0.1) is 0 Å². The van der Waals surface area contributed by atoms with E-state index in [0.29, 0.717) is 0 Å². The van der Waals surface area contributed by atoms with Crippen molar-refractivity contribution < 1.29 is 4.74 Å². The average molecular weight is 158 g/mol. The predicted octanol–water partition coefficient (Wildman–Crippen LogP) is 0.104. The summed E-state index contributed by atoms with van der Waals surface area (Å²) >= 11 is 0. The molecule has 0 spiro atoms. The maximum Gasteiger partial charge on any atom is 0.0484 e. The summed E-state index contributed by atoms with van der Waals surface area (Å²) in [5.74, 6) is 0. The summed E-state index contributed by atoms with van der Waals surface area (Å²) in [5.41, 5.74) is 6.10. The number of nitrogens with one attached hydrogen (secondary N) is 1. The van der Waals surface area contributed by atoms with Gasteiger partial charge < -0.3 is 15.8 Å². The summed E-state index contributed by atoms with van der Waals surface area (Å²) in [5, 5.41) is 3.28. The molecule has 0 unspecified atom stereocenters. The van der Waals surface area contributed by atoms with Gasteiger partial charge in [0.15, 0.2) is 0 Å². The fourth-order valence-electron chi connectivity index (χ4n) is 1.33. The third kappa shape index (κ3) is 2.77. The molecule has 1 aliphatic rings. The molecular formula is C8H18N2O. The van der Waals surface area contributed by atoms with Crippen LogP contribution in [0.15, 0.2) is 0 Å². The number of hydrogen-bond donors (Lipinski definition) is 2. The molecule has 1 aliphatic heterocycles. The Hall–Kier alpha value is -0.120. The first-order valence-electron chi connectivity index (χ1n) is 4.34. The Kier molecular flexibility index (Phi) is 3.30. The molecule has 1 rings (SSSR count). The van der Waals surface area contributed by atoms with E-state index in [0.717, 1.165) is 39.1 Å². The van der Waals surface area contributed by atoms with Crippen LogP contribution in [0.25, 0.3) is 0 Å². The van der Waals surface area contributed by atoms with Crippen LogP contribution in [0.4, 0.5) is 0 Å². The van der Waals surface area contributed by atoms with E-state index in [1.165, 1.54) is 0 Å². The highest BCUT2D eigenvalue weighted by atomic mass is 16.5. The molecule has 3 N–H and O–H groups in total. The number of rotatable bonds is 3. The van der Waals surface area contributed by atoms with Gasteiger partial charge in [-0.2, -0.15) is 0 Å². The Morgan fingerprint density at radius 1 is 1.45 bits per heavy atom. The quantitative estimate of drug-likeness (QED) is 0.612. The van der Waals surface area contributed by atoms with E-state index in [-0.39, 0.29) is 5.54 Å². The molecule has 0 saturated carbocycles. The fourth-order valence-corrected chi connectivity index (χ4v) is 1.33. The Bertz CT molecular complexity index is 111. The van der Waals surface area contributed by atoms with Crippen LogP contribution in [0.5, 0.6) is 0 Å². The summed E-state index contributed by atoms with van der Waals surface area (Å²) < 4.78 is 5.24. The second-order valence-corrected chi connectivity index (χ2v) is 3.26. The van der Waals surface area contributed by atoms with Crippen molar-refractivity contribution in [1.29, 1.82) is 0 Å². The van der Waals surface area contributed by atoms with Gasteiger partial charge in [0.05, 0.1) is 0 Å². The highest BCUT2D eigenvalue weighted by Crippen LogP contribution is 2.15. The van der Waals surface area contributed by atoms with E-state index in [4.69, 9.17) is 10.5 Å². The zero-order chi connectivity index (χ0) is 8.16. The lowest BCUT2D eigenvalue weighted by Crippen LogP contribution is -2.52. The number of nitrogens with two attached hydrogens (primary N) is 1. The minimum Gasteiger partial charge on any atom is -0.381 e. The minimum absolute atomic E-state index is 0.00569. The van der Waals surface area contributed by atoms with Crippen LogP contribution < -0.4 is 11.1 Å². The Morgan fingerprint density at radius 3 is 2.64 bits per heavy atom. The molecule has 66 valence electrons. The van der Waals surface area contributed by atoms with Crippen LogP contribution in [0.1, 0.15) is 19.8 Å². The SMILES string of the molecule is CCNCC1(N)CCOCC1. The lowest BCUT2D eigenvalue weighted by atomic mass is 9.91. The summed E-state index contributed by atoms with van der Waals surface area (Å²) in [4.78, 5) is 0. The van der Waals surface area contributed by atoms with Gasteiger partial charge in [0.1, 0.15) is 0 Å². The molecule has 0 aliphatic carbocycles. The van der Waals surface area contributed by atoms with Crippen LogP contribution in [0.2, 0.25) is 0 Å². The molecule has 0 bridgehead atoms. The van der Waals surface area contributed by atoms with Gasteiger partial charge in [0.2, 0.25) is 0 Å². The van der Waals surface area contributed by atoms with Gasteiger partial charge in [0.25, 0.3) is 0 Å². The van der Waals surface area contributed by atoms with E-state index >= 15 is 0 Å². The maximum atomic E-state index is 6.10. The zero-order valence-corrected chi connectivity index (χ0v) is 7.23. The molecule has 0 amide bonds. The monoisotopic (exact) mass is 158 g/mol. The van der Waals surface area contributed by atoms with Crippen molar-refractivity contribution >= 4 is 0 Å². The van der Waals surface area contributed by atoms with Gasteiger partial charge in [-0.1, -0.05) is 6.92 Å². The second kappa shape index (κ2) is 4.04. The Balaban J connectivity index is 2.25. The lowest BCUT2D eigenvalue weighted by Gasteiger charge is -2.33. The van der Waals surface area contributed by atoms with Gasteiger partial charge in [-0.25, -0.2) is 0 Å². The summed E-state index contributed by atoms with van der Waals surface area (Å²) in [7, 11) is 0. The molecule has 0 atom stereocenters. The maximum absolute atomic E-state index is 6.10. The summed E-state index contributed by atoms with van der Waals surface area (Å²) in [6.07, 6.45) is 1.97. The van der Waals surface area contributed by atoms with Gasteiger partial charge in [-0.3, -0.25) is 0 Å². The van der Waals surface area contributed by atoms with Crippen LogP contribution in [-0.4, -0.2) is 31.8 Å². The first-order valence-corrected chi connectivity index (χ1v) is 4.34. The van der Waals surface area contributed by atoms with Crippen molar-refractivity contribution in [2.24, 2.45) is 5.73 Å². The fraction of sp³-hybridized carbons (Fsp3) is 1.00. The number of hydrogen-bond acceptors (Lipinski definition) is 3. The van der Waals surface area contributed by atoms with Crippen molar-refractivity contribution in [2.75, 3.05) is 26.3 Å². The number of likely N-dealkylation sites (N-methyl/N-ethyl adjacent to an activating group) is 1. The van der Waals surface area contributed by atoms with Crippen LogP contribution in [-0.2, 0) is 4.74 Å². The van der Waals surface area contributed by atoms with Crippen LogP contribution >= 0.6 is 0 Å². The normalized spacial score (nSPS) is 23.5. The standard InChI is InChI=1S/C8H18N2O/c1-2-10-7-8(9)3-5-11-6-4-8/h10H,2-7,9H2,1H3. The molecule has 0 aromatic carbocycles. The smallest absolute Gasteiger partial charge is 0.0484 e. The molecule has 3 nitrogen and oxygen atoms in total. The van der Waals surface area contributed by atoms with E-state index in [2.05, 4.69) is 12.2 Å². The van der Waals surface area contributed by atoms with Crippen LogP contribution in [0.3, 0.4) is 0 Å². The van der Waals surface area contributed by atoms with Gasteiger partial charge in [-0.15, -0.1) is 0 Å². The van der Waals surface area contributed by atoms with Crippen molar-refractivity contribution in [3.63, 3.8) is 0 Å². The molecular weight excluding hydrogens is 140 g/mol. The first kappa shape index (κ1) is 8.97. The Morgan fingerprint density at radius 2 is 2.09 bits per heavy atom. The molecule has 1 fully saturated rings. The van der Waals surface area contributed by atoms with E-state index in [9.17, 15) is 0 Å². The van der Waals surface area contributed by atoms with Crippen molar-refractivity contribution in [1.82, 2.24) is 5.32 Å². The summed E-state index contributed by atoms with van der Waals surface area (Å²) in [6.45, 7) is 5.67. The second-order valence-electron chi connectivity index (χ2n) is 3.26. The minimum atomic E-state index is -0.00569. The average Bonchev–Trinajstić information content (AvgIpc) is 2.03. The van der Waals surface area contributed by atoms with Gasteiger partial charge >= 0.3 is 0 Å². The third-order valence-electron chi connectivity index (χ3n) is 2.22. The van der Waals surface area contributed by atoms with Gasteiger partial charge in [0, 0.05) is 25.3 Å². The highest BCUT2D eigenvalue weighted by molar-refractivity contribution is 4.88. The first-order chi connectivity index (χ1) is 5.27. The highest BCUT2D eigenvalue weighted by Gasteiger charge is 2.26. The Labute approximate surface area is 68.3 Å². The summed E-state index contributed by atoms with van der Waals surface area (Å²) in [6, 6.07) is 0. The molecule has 11 heavy (non-hydrogen) atoms. The predicted molar refractivity (Wildman–Crippen MR) is 45.5 cm³/mol. The van der Waals surface area contributed by atoms with Crippen molar-refractivity contribution in [3.8, 4) is 0 Å². The third-order valence-corrected chi connectivity index (χ3v) is 2.22. The van der Waals surface area contributed by atoms with E-state index in [1.807, 2.05) is 0 Å². The van der Waals surface area contributed by atoms with E-state index < -0.39 is 0 Å². The topological polar surface area (TPSA) is 47.3 Å². The molecule has 0 aromatic heterocycles. The molecule has 3 heteroatoms. The van der Waals surface area contributed by atoms with Crippen molar-refractivity contribution in [2.45, 2.75) is 25.3 Å². The van der Waals surface area contributed by atoms with Gasteiger partial charge in [-0.05, 0) is 19.4 Å². The largest absolute Gasteiger partial charge is 0.381 e. The molecule has 0 radical (unpaired) electrons. The molecule has 0 aromatic rings. The molecule has 1 saturated heterocycles. The number of ether oxygens (including phenoxy) is 1. The lowest BCUT2D eigenvalue weighted by molar-refractivity contribution is 0.0534. The van der Waals surface area contributed by atoms with Crippen molar-refractivity contribution in [3.05, 3.63) is 0 Å². The van der Waals surface area contributed by atoms with E-state index in [1.54, 1.807) is 0 Å². The zero-order valence-electron chi connectivity index (χ0n) is 7.23.